The van der Waals surface area contributed by atoms with Crippen LogP contribution in [0.4, 0.5) is 14.6 Å². The molecule has 0 fully saturated rings. The SMILES string of the molecule is Fc1cc2ncc(NC3CNCc4nccn4C3)nc2cc1F. The minimum absolute atomic E-state index is 0.0856. The van der Waals surface area contributed by atoms with Gasteiger partial charge < -0.3 is 15.2 Å². The van der Waals surface area contributed by atoms with Gasteiger partial charge in [0.05, 0.1) is 29.8 Å². The van der Waals surface area contributed by atoms with Crippen molar-refractivity contribution >= 4 is 16.9 Å². The lowest BCUT2D eigenvalue weighted by Gasteiger charge is -2.17. The molecule has 0 bridgehead atoms. The molecule has 1 aliphatic heterocycles. The van der Waals surface area contributed by atoms with Crippen LogP contribution >= 0.6 is 0 Å². The van der Waals surface area contributed by atoms with Gasteiger partial charge in [-0.15, -0.1) is 0 Å². The van der Waals surface area contributed by atoms with E-state index in [1.54, 1.807) is 6.20 Å². The third-order valence-corrected chi connectivity index (χ3v) is 3.83. The van der Waals surface area contributed by atoms with Gasteiger partial charge >= 0.3 is 0 Å². The summed E-state index contributed by atoms with van der Waals surface area (Å²) in [4.78, 5) is 12.7. The third kappa shape index (κ3) is 2.72. The highest BCUT2D eigenvalue weighted by Gasteiger charge is 2.17. The predicted octanol–water partition coefficient (Wildman–Crippen LogP) is 1.69. The largest absolute Gasteiger partial charge is 0.363 e. The Morgan fingerprint density at radius 1 is 1.17 bits per heavy atom. The molecule has 6 nitrogen and oxygen atoms in total. The number of hydrogen-bond donors (Lipinski definition) is 2. The van der Waals surface area contributed by atoms with Gasteiger partial charge in [0.1, 0.15) is 11.6 Å². The molecule has 2 N–H and O–H groups in total. The zero-order valence-corrected chi connectivity index (χ0v) is 12.1. The van der Waals surface area contributed by atoms with Gasteiger partial charge in [0.25, 0.3) is 0 Å². The van der Waals surface area contributed by atoms with Crippen molar-refractivity contribution in [3.8, 4) is 0 Å². The molecule has 0 spiro atoms. The quantitative estimate of drug-likeness (QED) is 0.753. The first-order chi connectivity index (χ1) is 11.2. The number of fused-ring (bicyclic) bond motifs is 2. The average Bonchev–Trinajstić information content (AvgIpc) is 2.87. The van der Waals surface area contributed by atoms with Crippen molar-refractivity contribution in [2.75, 3.05) is 11.9 Å². The fourth-order valence-corrected chi connectivity index (χ4v) is 2.72. The van der Waals surface area contributed by atoms with E-state index in [0.29, 0.717) is 23.4 Å². The minimum Gasteiger partial charge on any atom is -0.363 e. The van der Waals surface area contributed by atoms with Crippen LogP contribution in [0.3, 0.4) is 0 Å². The van der Waals surface area contributed by atoms with Crippen molar-refractivity contribution in [1.82, 2.24) is 24.8 Å². The van der Waals surface area contributed by atoms with Crippen molar-refractivity contribution in [3.63, 3.8) is 0 Å². The molecule has 3 heterocycles. The summed E-state index contributed by atoms with van der Waals surface area (Å²) in [6.07, 6.45) is 5.23. The smallest absolute Gasteiger partial charge is 0.161 e. The Morgan fingerprint density at radius 3 is 2.87 bits per heavy atom. The van der Waals surface area contributed by atoms with Gasteiger partial charge in [-0.05, 0) is 0 Å². The molecule has 1 atom stereocenters. The standard InChI is InChI=1S/C15H14F2N6/c16-10-3-12-13(4-11(10)17)22-14(6-20-12)21-9-5-18-7-15-19-1-2-23(15)8-9/h1-4,6,9,18H,5,7-8H2,(H,21,22). The monoisotopic (exact) mass is 316 g/mol. The summed E-state index contributed by atoms with van der Waals surface area (Å²) in [5, 5.41) is 6.59. The number of hydrogen-bond acceptors (Lipinski definition) is 5. The Labute approximate surface area is 130 Å². The lowest BCUT2D eigenvalue weighted by atomic mass is 10.2. The number of imidazole rings is 1. The number of nitrogens with one attached hydrogen (secondary N) is 2. The van der Waals surface area contributed by atoms with Gasteiger partial charge in [-0.25, -0.2) is 18.7 Å². The molecule has 0 amide bonds. The van der Waals surface area contributed by atoms with E-state index in [0.717, 1.165) is 31.0 Å². The molecule has 4 rings (SSSR count). The first-order valence-electron chi connectivity index (χ1n) is 7.28. The molecular formula is C15H14F2N6. The first kappa shape index (κ1) is 14.0. The highest BCUT2D eigenvalue weighted by molar-refractivity contribution is 5.75. The number of rotatable bonds is 2. The molecule has 3 aromatic rings. The predicted molar refractivity (Wildman–Crippen MR) is 80.8 cm³/mol. The summed E-state index contributed by atoms with van der Waals surface area (Å²) < 4.78 is 28.6. The minimum atomic E-state index is -0.928. The molecule has 1 unspecified atom stereocenters. The van der Waals surface area contributed by atoms with Gasteiger partial charge in [-0.1, -0.05) is 0 Å². The highest BCUT2D eigenvalue weighted by atomic mass is 19.2. The van der Waals surface area contributed by atoms with Crippen LogP contribution in [-0.4, -0.2) is 32.1 Å². The fraction of sp³-hybridized carbons (Fsp3) is 0.267. The Hall–Kier alpha value is -2.61. The van der Waals surface area contributed by atoms with Gasteiger partial charge in [0, 0.05) is 37.6 Å². The van der Waals surface area contributed by atoms with Crippen LogP contribution in [0, 0.1) is 11.6 Å². The molecule has 0 radical (unpaired) electrons. The Kier molecular flexibility index (Phi) is 3.38. The number of benzene rings is 1. The van der Waals surface area contributed by atoms with Gasteiger partial charge in [0.15, 0.2) is 11.6 Å². The van der Waals surface area contributed by atoms with Crippen LogP contribution in [0.2, 0.25) is 0 Å². The van der Waals surface area contributed by atoms with Crippen LogP contribution in [0.25, 0.3) is 11.0 Å². The van der Waals surface area contributed by atoms with Crippen molar-refractivity contribution in [2.45, 2.75) is 19.1 Å². The van der Waals surface area contributed by atoms with Crippen molar-refractivity contribution in [1.29, 1.82) is 0 Å². The van der Waals surface area contributed by atoms with Gasteiger partial charge in [-0.3, -0.25) is 4.98 Å². The van der Waals surface area contributed by atoms with Crippen LogP contribution in [0.5, 0.6) is 0 Å². The summed E-state index contributed by atoms with van der Waals surface area (Å²) in [6, 6.07) is 2.19. The van der Waals surface area contributed by atoms with E-state index in [2.05, 4.69) is 30.2 Å². The molecule has 2 aromatic heterocycles. The lowest BCUT2D eigenvalue weighted by molar-refractivity contribution is 0.510. The summed E-state index contributed by atoms with van der Waals surface area (Å²) >= 11 is 0. The molecular weight excluding hydrogens is 302 g/mol. The zero-order chi connectivity index (χ0) is 15.8. The van der Waals surface area contributed by atoms with Crippen LogP contribution < -0.4 is 10.6 Å². The van der Waals surface area contributed by atoms with E-state index in [-0.39, 0.29) is 6.04 Å². The molecule has 0 saturated heterocycles. The number of halogens is 2. The maximum absolute atomic E-state index is 13.3. The fourth-order valence-electron chi connectivity index (χ4n) is 2.72. The van der Waals surface area contributed by atoms with Crippen molar-refractivity contribution in [2.24, 2.45) is 0 Å². The van der Waals surface area contributed by atoms with Crippen molar-refractivity contribution < 1.29 is 8.78 Å². The highest BCUT2D eigenvalue weighted by Crippen LogP contribution is 2.17. The van der Waals surface area contributed by atoms with Crippen LogP contribution in [-0.2, 0) is 13.1 Å². The molecule has 0 saturated carbocycles. The summed E-state index contributed by atoms with van der Waals surface area (Å²) in [6.45, 7) is 2.18. The third-order valence-electron chi connectivity index (χ3n) is 3.83. The van der Waals surface area contributed by atoms with E-state index in [1.807, 2.05) is 6.20 Å². The average molecular weight is 316 g/mol. The zero-order valence-electron chi connectivity index (χ0n) is 12.1. The maximum atomic E-state index is 13.3. The normalized spacial score (nSPS) is 17.7. The Morgan fingerprint density at radius 2 is 2.00 bits per heavy atom. The molecule has 118 valence electrons. The summed E-state index contributed by atoms with van der Waals surface area (Å²) in [7, 11) is 0. The second kappa shape index (κ2) is 5.54. The van der Waals surface area contributed by atoms with E-state index < -0.39 is 11.6 Å². The van der Waals surface area contributed by atoms with Gasteiger partial charge in [-0.2, -0.15) is 0 Å². The molecule has 23 heavy (non-hydrogen) atoms. The second-order valence-corrected chi connectivity index (χ2v) is 5.48. The van der Waals surface area contributed by atoms with Crippen molar-refractivity contribution in [3.05, 3.63) is 48.2 Å². The topological polar surface area (TPSA) is 67.7 Å². The Balaban J connectivity index is 1.59. The second-order valence-electron chi connectivity index (χ2n) is 5.48. The van der Waals surface area contributed by atoms with E-state index >= 15 is 0 Å². The van der Waals surface area contributed by atoms with Crippen LogP contribution in [0.1, 0.15) is 5.82 Å². The number of anilines is 1. The molecule has 0 aliphatic carbocycles. The van der Waals surface area contributed by atoms with Crippen LogP contribution in [0.15, 0.2) is 30.7 Å². The van der Waals surface area contributed by atoms with Gasteiger partial charge in [0.2, 0.25) is 0 Å². The van der Waals surface area contributed by atoms with E-state index in [9.17, 15) is 8.78 Å². The molecule has 1 aliphatic rings. The summed E-state index contributed by atoms with van der Waals surface area (Å²) in [5.74, 6) is -0.341. The molecule has 1 aromatic carbocycles. The lowest BCUT2D eigenvalue weighted by Crippen LogP contribution is -2.33. The summed E-state index contributed by atoms with van der Waals surface area (Å²) in [5.41, 5.74) is 0.643. The molecule has 8 heteroatoms. The Bertz CT molecular complexity index is 862. The van der Waals surface area contributed by atoms with E-state index in [4.69, 9.17) is 0 Å². The van der Waals surface area contributed by atoms with E-state index in [1.165, 1.54) is 6.20 Å². The number of nitrogens with zero attached hydrogens (tertiary/aromatic N) is 4. The maximum Gasteiger partial charge on any atom is 0.161 e. The number of aromatic nitrogens is 4. The first-order valence-corrected chi connectivity index (χ1v) is 7.28.